The molecule has 1 heterocycles. The third kappa shape index (κ3) is 1.54. The standard InChI is InChI=1S/C11H16N2O2/c1-9-7-12-13(8-9)11(10(14)15-2)5-3-4-6-11/h7-8H,3-6H2,1-2H3. The number of rotatable bonds is 2. The number of aryl methyl sites for hydroxylation is 1. The van der Waals surface area contributed by atoms with Crippen LogP contribution in [0.25, 0.3) is 0 Å². The largest absolute Gasteiger partial charge is 0.467 e. The second-order valence-electron chi connectivity index (χ2n) is 4.19. The molecule has 2 rings (SSSR count). The number of nitrogens with zero attached hydrogens (tertiary/aromatic N) is 2. The first-order valence-electron chi connectivity index (χ1n) is 5.29. The molecule has 0 unspecified atom stereocenters. The highest BCUT2D eigenvalue weighted by Gasteiger charge is 2.44. The Labute approximate surface area is 89.2 Å². The summed E-state index contributed by atoms with van der Waals surface area (Å²) in [6, 6.07) is 0. The van der Waals surface area contributed by atoms with Crippen molar-refractivity contribution in [3.8, 4) is 0 Å². The van der Waals surface area contributed by atoms with E-state index in [0.717, 1.165) is 31.2 Å². The maximum absolute atomic E-state index is 11.9. The molecule has 0 N–H and O–H groups in total. The SMILES string of the molecule is COC(=O)C1(n2cc(C)cn2)CCCC1. The fourth-order valence-electron chi connectivity index (χ4n) is 2.32. The van der Waals surface area contributed by atoms with Gasteiger partial charge in [0.15, 0.2) is 5.54 Å². The molecule has 1 saturated carbocycles. The van der Waals surface area contributed by atoms with E-state index in [0.29, 0.717) is 0 Å². The fraction of sp³-hybridized carbons (Fsp3) is 0.636. The molecule has 0 amide bonds. The molecule has 0 spiro atoms. The Morgan fingerprint density at radius 3 is 2.67 bits per heavy atom. The monoisotopic (exact) mass is 208 g/mol. The second kappa shape index (κ2) is 3.68. The maximum Gasteiger partial charge on any atom is 0.333 e. The lowest BCUT2D eigenvalue weighted by Gasteiger charge is -2.26. The van der Waals surface area contributed by atoms with Gasteiger partial charge in [-0.05, 0) is 25.3 Å². The fourth-order valence-corrected chi connectivity index (χ4v) is 2.32. The summed E-state index contributed by atoms with van der Waals surface area (Å²) in [7, 11) is 1.44. The molecule has 0 radical (unpaired) electrons. The quantitative estimate of drug-likeness (QED) is 0.694. The van der Waals surface area contributed by atoms with E-state index in [1.165, 1.54) is 7.11 Å². The number of esters is 1. The van der Waals surface area contributed by atoms with Crippen molar-refractivity contribution in [3.05, 3.63) is 18.0 Å². The van der Waals surface area contributed by atoms with Gasteiger partial charge >= 0.3 is 5.97 Å². The zero-order valence-electron chi connectivity index (χ0n) is 9.19. The highest BCUT2D eigenvalue weighted by atomic mass is 16.5. The van der Waals surface area contributed by atoms with Crippen LogP contribution in [0, 0.1) is 6.92 Å². The van der Waals surface area contributed by atoms with E-state index in [1.807, 2.05) is 13.1 Å². The first-order valence-corrected chi connectivity index (χ1v) is 5.29. The van der Waals surface area contributed by atoms with Crippen LogP contribution in [0.2, 0.25) is 0 Å². The number of carbonyl (C=O) groups is 1. The van der Waals surface area contributed by atoms with Gasteiger partial charge in [0.25, 0.3) is 0 Å². The van der Waals surface area contributed by atoms with Crippen LogP contribution in [0.5, 0.6) is 0 Å². The zero-order chi connectivity index (χ0) is 10.9. The summed E-state index contributed by atoms with van der Waals surface area (Å²) in [6.07, 6.45) is 7.49. The van der Waals surface area contributed by atoms with E-state index in [9.17, 15) is 4.79 Å². The summed E-state index contributed by atoms with van der Waals surface area (Å²) >= 11 is 0. The first-order chi connectivity index (χ1) is 7.19. The number of hydrogen-bond donors (Lipinski definition) is 0. The van der Waals surface area contributed by atoms with Crippen LogP contribution in [-0.2, 0) is 15.1 Å². The Bertz CT molecular complexity index is 364. The van der Waals surface area contributed by atoms with E-state index in [4.69, 9.17) is 4.74 Å². The summed E-state index contributed by atoms with van der Waals surface area (Å²) in [5.74, 6) is -0.164. The minimum Gasteiger partial charge on any atom is -0.467 e. The average molecular weight is 208 g/mol. The molecule has 1 aromatic heterocycles. The van der Waals surface area contributed by atoms with Crippen molar-refractivity contribution in [2.75, 3.05) is 7.11 Å². The minimum atomic E-state index is -0.539. The van der Waals surface area contributed by atoms with Crippen LogP contribution < -0.4 is 0 Å². The topological polar surface area (TPSA) is 44.1 Å². The van der Waals surface area contributed by atoms with Crippen molar-refractivity contribution in [3.63, 3.8) is 0 Å². The van der Waals surface area contributed by atoms with Gasteiger partial charge in [-0.15, -0.1) is 0 Å². The minimum absolute atomic E-state index is 0.164. The van der Waals surface area contributed by atoms with Gasteiger partial charge in [-0.25, -0.2) is 4.79 Å². The van der Waals surface area contributed by atoms with Gasteiger partial charge < -0.3 is 4.74 Å². The first kappa shape index (κ1) is 10.2. The van der Waals surface area contributed by atoms with Gasteiger partial charge in [-0.2, -0.15) is 5.10 Å². The Balaban J connectivity index is 2.38. The number of aromatic nitrogens is 2. The molecule has 4 nitrogen and oxygen atoms in total. The molecule has 0 saturated heterocycles. The van der Waals surface area contributed by atoms with Crippen molar-refractivity contribution in [2.45, 2.75) is 38.1 Å². The highest BCUT2D eigenvalue weighted by Crippen LogP contribution is 2.37. The normalized spacial score (nSPS) is 19.1. The van der Waals surface area contributed by atoms with Gasteiger partial charge in [-0.1, -0.05) is 12.8 Å². The molecule has 0 atom stereocenters. The van der Waals surface area contributed by atoms with Crippen LogP contribution in [0.15, 0.2) is 12.4 Å². The van der Waals surface area contributed by atoms with Gasteiger partial charge in [0.2, 0.25) is 0 Å². The van der Waals surface area contributed by atoms with E-state index < -0.39 is 5.54 Å². The number of carbonyl (C=O) groups excluding carboxylic acids is 1. The summed E-state index contributed by atoms with van der Waals surface area (Å²) in [5, 5.41) is 4.25. The van der Waals surface area contributed by atoms with Crippen LogP contribution in [-0.4, -0.2) is 22.9 Å². The number of hydrogen-bond acceptors (Lipinski definition) is 3. The Morgan fingerprint density at radius 2 is 2.20 bits per heavy atom. The van der Waals surface area contributed by atoms with E-state index in [1.54, 1.807) is 10.9 Å². The molecule has 0 aliphatic heterocycles. The molecule has 82 valence electrons. The lowest BCUT2D eigenvalue weighted by Crippen LogP contribution is -2.40. The molecule has 1 fully saturated rings. The molecule has 4 heteroatoms. The van der Waals surface area contributed by atoms with Crippen molar-refractivity contribution in [1.82, 2.24) is 9.78 Å². The summed E-state index contributed by atoms with van der Waals surface area (Å²) in [6.45, 7) is 1.98. The molecule has 1 aliphatic rings. The predicted molar refractivity (Wildman–Crippen MR) is 55.4 cm³/mol. The molecule has 0 bridgehead atoms. The van der Waals surface area contributed by atoms with Crippen molar-refractivity contribution in [2.24, 2.45) is 0 Å². The molecular weight excluding hydrogens is 192 g/mol. The molecule has 1 aromatic rings. The highest BCUT2D eigenvalue weighted by molar-refractivity contribution is 5.79. The van der Waals surface area contributed by atoms with Crippen molar-refractivity contribution < 1.29 is 9.53 Å². The van der Waals surface area contributed by atoms with Gasteiger partial charge in [0.1, 0.15) is 0 Å². The molecular formula is C11H16N2O2. The van der Waals surface area contributed by atoms with Gasteiger partial charge in [0.05, 0.1) is 13.3 Å². The summed E-state index contributed by atoms with van der Waals surface area (Å²) in [4.78, 5) is 11.9. The van der Waals surface area contributed by atoms with Crippen molar-refractivity contribution in [1.29, 1.82) is 0 Å². The van der Waals surface area contributed by atoms with E-state index >= 15 is 0 Å². The van der Waals surface area contributed by atoms with Gasteiger partial charge in [0, 0.05) is 6.20 Å². The van der Waals surface area contributed by atoms with Crippen LogP contribution >= 0.6 is 0 Å². The van der Waals surface area contributed by atoms with Gasteiger partial charge in [-0.3, -0.25) is 4.68 Å². The Kier molecular flexibility index (Phi) is 2.50. The molecule has 1 aliphatic carbocycles. The van der Waals surface area contributed by atoms with Crippen molar-refractivity contribution >= 4 is 5.97 Å². The van der Waals surface area contributed by atoms with Crippen LogP contribution in [0.4, 0.5) is 0 Å². The maximum atomic E-state index is 11.9. The van der Waals surface area contributed by atoms with Crippen LogP contribution in [0.3, 0.4) is 0 Å². The second-order valence-corrected chi connectivity index (χ2v) is 4.19. The summed E-state index contributed by atoms with van der Waals surface area (Å²) in [5.41, 5.74) is 0.536. The van der Waals surface area contributed by atoms with Crippen LogP contribution in [0.1, 0.15) is 31.2 Å². The lowest BCUT2D eigenvalue weighted by atomic mass is 9.98. The Morgan fingerprint density at radius 1 is 1.53 bits per heavy atom. The molecule has 0 aromatic carbocycles. The van der Waals surface area contributed by atoms with E-state index in [-0.39, 0.29) is 5.97 Å². The number of ether oxygens (including phenoxy) is 1. The third-order valence-electron chi connectivity index (χ3n) is 3.15. The Hall–Kier alpha value is -1.32. The zero-order valence-corrected chi connectivity index (χ0v) is 9.19. The molecule has 15 heavy (non-hydrogen) atoms. The lowest BCUT2D eigenvalue weighted by molar-refractivity contribution is -0.151. The summed E-state index contributed by atoms with van der Waals surface area (Å²) < 4.78 is 6.68. The number of methoxy groups -OCH3 is 1. The average Bonchev–Trinajstić information content (AvgIpc) is 2.85. The predicted octanol–water partition coefficient (Wildman–Crippen LogP) is 1.63. The van der Waals surface area contributed by atoms with E-state index in [2.05, 4.69) is 5.10 Å². The third-order valence-corrected chi connectivity index (χ3v) is 3.15. The smallest absolute Gasteiger partial charge is 0.333 e.